The van der Waals surface area contributed by atoms with Crippen molar-refractivity contribution in [3.8, 4) is 11.3 Å². The Bertz CT molecular complexity index is 839. The van der Waals surface area contributed by atoms with Crippen LogP contribution >= 0.6 is 0 Å². The van der Waals surface area contributed by atoms with Gasteiger partial charge >= 0.3 is 11.9 Å². The molecule has 2 aromatic rings. The number of hydrogen-bond donors (Lipinski definition) is 1. The largest absolute Gasteiger partial charge is 0.465 e. The van der Waals surface area contributed by atoms with E-state index in [1.54, 1.807) is 12.1 Å². The zero-order valence-corrected chi connectivity index (χ0v) is 18.4. The lowest BCUT2D eigenvalue weighted by Gasteiger charge is -2.30. The molecule has 0 saturated carbocycles. The van der Waals surface area contributed by atoms with Crippen molar-refractivity contribution in [3.63, 3.8) is 0 Å². The van der Waals surface area contributed by atoms with Crippen LogP contribution in [0.1, 0.15) is 67.5 Å². The highest BCUT2D eigenvalue weighted by atomic mass is 16.5. The SMILES string of the molecule is COC(=O)c1cc(C(=O)OC)cc(-c2ccc(C[NH2+]C(C)(C)CC(C)(C)C)o2)c1. The molecule has 1 heterocycles. The van der Waals surface area contributed by atoms with Crippen LogP contribution in [0.4, 0.5) is 0 Å². The molecule has 2 N–H and O–H groups in total. The van der Waals surface area contributed by atoms with E-state index < -0.39 is 11.9 Å². The number of carbonyl (C=O) groups is 2. The lowest BCUT2D eigenvalue weighted by molar-refractivity contribution is -0.738. The number of hydrogen-bond acceptors (Lipinski definition) is 5. The van der Waals surface area contributed by atoms with Crippen LogP contribution in [-0.4, -0.2) is 31.7 Å². The van der Waals surface area contributed by atoms with E-state index >= 15 is 0 Å². The van der Waals surface area contributed by atoms with Crippen LogP contribution in [0, 0.1) is 5.41 Å². The third-order valence-corrected chi connectivity index (χ3v) is 4.56. The van der Waals surface area contributed by atoms with Crippen molar-refractivity contribution in [1.29, 1.82) is 0 Å². The van der Waals surface area contributed by atoms with E-state index in [2.05, 4.69) is 39.9 Å². The second-order valence-electron chi connectivity index (χ2n) is 9.18. The predicted octanol–water partition coefficient (Wildman–Crippen LogP) is 3.80. The third kappa shape index (κ3) is 6.46. The number of furan rings is 1. The minimum Gasteiger partial charge on any atom is -0.465 e. The minimum atomic E-state index is -0.527. The van der Waals surface area contributed by atoms with Gasteiger partial charge in [-0.2, -0.15) is 0 Å². The number of benzene rings is 1. The molecule has 0 aliphatic rings. The summed E-state index contributed by atoms with van der Waals surface area (Å²) in [6.45, 7) is 11.9. The van der Waals surface area contributed by atoms with Gasteiger partial charge in [0.1, 0.15) is 12.3 Å². The number of nitrogens with two attached hydrogens (primary N) is 1. The molecule has 0 unspecified atom stereocenters. The van der Waals surface area contributed by atoms with E-state index in [4.69, 9.17) is 13.9 Å². The summed E-state index contributed by atoms with van der Waals surface area (Å²) >= 11 is 0. The average molecular weight is 403 g/mol. The molecule has 29 heavy (non-hydrogen) atoms. The molecule has 6 heteroatoms. The number of esters is 2. The minimum absolute atomic E-state index is 0.0774. The zero-order chi connectivity index (χ0) is 21.8. The number of carbonyl (C=O) groups excluding carboxylic acids is 2. The monoisotopic (exact) mass is 402 g/mol. The van der Waals surface area contributed by atoms with E-state index in [9.17, 15) is 9.59 Å². The lowest BCUT2D eigenvalue weighted by Crippen LogP contribution is -2.94. The van der Waals surface area contributed by atoms with Crippen LogP contribution in [-0.2, 0) is 16.0 Å². The molecule has 0 aliphatic heterocycles. The lowest BCUT2D eigenvalue weighted by atomic mass is 9.82. The van der Waals surface area contributed by atoms with Gasteiger partial charge in [-0.05, 0) is 49.6 Å². The van der Waals surface area contributed by atoms with Gasteiger partial charge < -0.3 is 19.2 Å². The molecule has 0 bridgehead atoms. The van der Waals surface area contributed by atoms with Gasteiger partial charge in [0.2, 0.25) is 0 Å². The van der Waals surface area contributed by atoms with Crippen molar-refractivity contribution in [2.45, 2.75) is 53.1 Å². The highest BCUT2D eigenvalue weighted by Crippen LogP contribution is 2.27. The van der Waals surface area contributed by atoms with Crippen LogP contribution < -0.4 is 5.32 Å². The molecular formula is C23H32NO5+. The van der Waals surface area contributed by atoms with Crippen molar-refractivity contribution in [2.24, 2.45) is 5.41 Å². The van der Waals surface area contributed by atoms with Gasteiger partial charge in [0.15, 0.2) is 5.76 Å². The predicted molar refractivity (Wildman–Crippen MR) is 111 cm³/mol. The van der Waals surface area contributed by atoms with Gasteiger partial charge in [0, 0.05) is 12.0 Å². The first-order valence-corrected chi connectivity index (χ1v) is 9.69. The summed E-state index contributed by atoms with van der Waals surface area (Å²) in [4.78, 5) is 24.0. The Morgan fingerprint density at radius 1 is 0.931 bits per heavy atom. The van der Waals surface area contributed by atoms with Crippen LogP contribution in [0.5, 0.6) is 0 Å². The summed E-state index contributed by atoms with van der Waals surface area (Å²) in [6.07, 6.45) is 1.07. The van der Waals surface area contributed by atoms with Crippen molar-refractivity contribution >= 4 is 11.9 Å². The summed E-state index contributed by atoms with van der Waals surface area (Å²) in [6, 6.07) is 8.51. The molecule has 0 aliphatic carbocycles. The van der Waals surface area contributed by atoms with Crippen LogP contribution in [0.2, 0.25) is 0 Å². The molecule has 1 aromatic heterocycles. The molecule has 6 nitrogen and oxygen atoms in total. The van der Waals surface area contributed by atoms with E-state index in [0.29, 0.717) is 17.9 Å². The molecule has 158 valence electrons. The second kappa shape index (κ2) is 8.82. The fraction of sp³-hybridized carbons (Fsp3) is 0.478. The topological polar surface area (TPSA) is 82.4 Å². The second-order valence-corrected chi connectivity index (χ2v) is 9.18. The molecule has 0 spiro atoms. The molecular weight excluding hydrogens is 370 g/mol. The van der Waals surface area contributed by atoms with Crippen LogP contribution in [0.15, 0.2) is 34.7 Å². The Kier molecular flexibility index (Phi) is 6.90. The van der Waals surface area contributed by atoms with E-state index in [-0.39, 0.29) is 22.1 Å². The first-order valence-electron chi connectivity index (χ1n) is 9.69. The Morgan fingerprint density at radius 2 is 1.48 bits per heavy atom. The van der Waals surface area contributed by atoms with Crippen LogP contribution in [0.3, 0.4) is 0 Å². The molecule has 0 atom stereocenters. The van der Waals surface area contributed by atoms with Gasteiger partial charge in [-0.25, -0.2) is 9.59 Å². The standard InChI is InChI=1S/C23H31NO5/c1-22(2,3)14-23(4,5)24-13-18-8-9-19(29-18)15-10-16(20(25)27-6)12-17(11-15)21(26)28-7/h8-12,24H,13-14H2,1-7H3/p+1. The number of quaternary nitrogens is 1. The Morgan fingerprint density at radius 3 is 1.97 bits per heavy atom. The van der Waals surface area contributed by atoms with Crippen molar-refractivity contribution in [2.75, 3.05) is 14.2 Å². The average Bonchev–Trinajstić information content (AvgIpc) is 3.12. The van der Waals surface area contributed by atoms with Gasteiger partial charge in [-0.15, -0.1) is 0 Å². The fourth-order valence-electron chi connectivity index (χ4n) is 3.70. The van der Waals surface area contributed by atoms with Gasteiger partial charge in [-0.1, -0.05) is 20.8 Å². The third-order valence-electron chi connectivity index (χ3n) is 4.56. The van der Waals surface area contributed by atoms with Crippen LogP contribution in [0.25, 0.3) is 11.3 Å². The number of methoxy groups -OCH3 is 2. The van der Waals surface area contributed by atoms with Crippen molar-refractivity contribution < 1.29 is 28.8 Å². The normalized spacial score (nSPS) is 12.0. The highest BCUT2D eigenvalue weighted by Gasteiger charge is 2.28. The van der Waals surface area contributed by atoms with E-state index in [1.165, 1.54) is 20.3 Å². The Labute approximate surface area is 172 Å². The molecule has 0 radical (unpaired) electrons. The van der Waals surface area contributed by atoms with Gasteiger partial charge in [0.05, 0.1) is 30.9 Å². The van der Waals surface area contributed by atoms with E-state index in [0.717, 1.165) is 12.2 Å². The highest BCUT2D eigenvalue weighted by molar-refractivity contribution is 5.97. The van der Waals surface area contributed by atoms with Crippen molar-refractivity contribution in [1.82, 2.24) is 0 Å². The quantitative estimate of drug-likeness (QED) is 0.713. The van der Waals surface area contributed by atoms with E-state index in [1.807, 2.05) is 12.1 Å². The number of rotatable bonds is 7. The van der Waals surface area contributed by atoms with Crippen molar-refractivity contribution in [3.05, 3.63) is 47.2 Å². The summed E-state index contributed by atoms with van der Waals surface area (Å²) in [7, 11) is 2.60. The maximum Gasteiger partial charge on any atom is 0.337 e. The van der Waals surface area contributed by atoms with Gasteiger partial charge in [-0.3, -0.25) is 0 Å². The zero-order valence-electron chi connectivity index (χ0n) is 18.4. The molecule has 0 amide bonds. The molecule has 0 fully saturated rings. The molecule has 0 saturated heterocycles. The Balaban J connectivity index is 2.25. The maximum atomic E-state index is 12.0. The Hall–Kier alpha value is -2.60. The summed E-state index contributed by atoms with van der Waals surface area (Å²) < 4.78 is 15.6. The first-order chi connectivity index (χ1) is 13.4. The number of ether oxygens (including phenoxy) is 2. The van der Waals surface area contributed by atoms with Gasteiger partial charge in [0.25, 0.3) is 0 Å². The molecule has 2 rings (SSSR count). The summed E-state index contributed by atoms with van der Waals surface area (Å²) in [5.74, 6) is 0.352. The first kappa shape index (κ1) is 22.7. The summed E-state index contributed by atoms with van der Waals surface area (Å²) in [5.41, 5.74) is 1.47. The maximum absolute atomic E-state index is 12.0. The fourth-order valence-corrected chi connectivity index (χ4v) is 3.70. The smallest absolute Gasteiger partial charge is 0.337 e. The molecule has 1 aromatic carbocycles. The summed E-state index contributed by atoms with van der Waals surface area (Å²) in [5, 5.41) is 2.27.